The van der Waals surface area contributed by atoms with Gasteiger partial charge in [0, 0.05) is 0 Å². The van der Waals surface area contributed by atoms with E-state index in [0.29, 0.717) is 0 Å². The Morgan fingerprint density at radius 2 is 0.484 bits per heavy atom. The predicted octanol–water partition coefficient (Wildman–Crippen LogP) is 8.63. The molecule has 0 saturated carbocycles. The molecule has 0 fully saturated rings. The molecule has 0 aliphatic heterocycles. The Bertz CT molecular complexity index is 309. The zero-order valence-corrected chi connectivity index (χ0v) is 25.4. The molecule has 31 heavy (non-hydrogen) atoms. The summed E-state index contributed by atoms with van der Waals surface area (Å²) in [6.45, 7) is 25.0. The van der Waals surface area contributed by atoms with Crippen LogP contribution in [0.1, 0.15) is 83.1 Å². The van der Waals surface area contributed by atoms with Crippen LogP contribution in [-0.2, 0) is 43.4 Å². The van der Waals surface area contributed by atoms with Gasteiger partial charge in [-0.3, -0.25) is 0 Å². The van der Waals surface area contributed by atoms with Crippen molar-refractivity contribution in [2.24, 2.45) is 0 Å². The molecule has 2 aromatic rings. The molecule has 0 aliphatic rings. The standard InChI is InChI=1S/2C6H5.4C4H9.H2O.2Ti/c2*1-2-4-6-5-3-1;4*1-4(2)3;;;/h2*1-5H;4*1-3H3;1H2;;/q6*-1;;2*+3. The summed E-state index contributed by atoms with van der Waals surface area (Å²) in [5.74, 6) is 5.67. The molecule has 0 unspecified atom stereocenters. The van der Waals surface area contributed by atoms with E-state index < -0.39 is 0 Å². The molecule has 0 bridgehead atoms. The summed E-state index contributed by atoms with van der Waals surface area (Å²) in [6, 6.07) is 25.0. The molecular weight excluding hydrogens is 448 g/mol. The fourth-order valence-electron chi connectivity index (χ4n) is 0.684. The normalized spacial score (nSPS) is 7.74. The third-order valence-corrected chi connectivity index (χ3v) is 1.21. The minimum absolute atomic E-state index is 0. The molecule has 0 heterocycles. The SMILES string of the molecule is C[C-](C)C.C[C-](C)C.C[C-](C)C.C[C-](C)C.O.[Ti+3].[Ti+3].[c-]1ccccc1.[c-]1ccccc1. The van der Waals surface area contributed by atoms with Crippen LogP contribution in [0.4, 0.5) is 0 Å². The third-order valence-electron chi connectivity index (χ3n) is 1.21. The van der Waals surface area contributed by atoms with Crippen molar-refractivity contribution in [1.29, 1.82) is 0 Å². The van der Waals surface area contributed by atoms with E-state index in [1.54, 1.807) is 0 Å². The van der Waals surface area contributed by atoms with Gasteiger partial charge in [-0.05, 0) is 0 Å². The van der Waals surface area contributed by atoms with Gasteiger partial charge >= 0.3 is 43.4 Å². The van der Waals surface area contributed by atoms with Crippen LogP contribution in [0.5, 0.6) is 0 Å². The fraction of sp³-hybridized carbons (Fsp3) is 0.429. The molecule has 0 spiro atoms. The average molecular weight is 496 g/mol. The van der Waals surface area contributed by atoms with Crippen LogP contribution >= 0.6 is 0 Å². The van der Waals surface area contributed by atoms with Gasteiger partial charge < -0.3 is 29.1 Å². The molecule has 174 valence electrons. The molecule has 0 atom stereocenters. The van der Waals surface area contributed by atoms with Gasteiger partial charge in [0.15, 0.2) is 0 Å². The van der Waals surface area contributed by atoms with Crippen LogP contribution in [0.25, 0.3) is 0 Å². The van der Waals surface area contributed by atoms with Gasteiger partial charge in [0.2, 0.25) is 0 Å². The molecular formula is C28H48OTi2. The quantitative estimate of drug-likeness (QED) is 0.258. The second kappa shape index (κ2) is 43.7. The fourth-order valence-corrected chi connectivity index (χ4v) is 0.684. The molecule has 2 aromatic carbocycles. The zero-order chi connectivity index (χ0) is 22.8. The number of benzene rings is 2. The maximum absolute atomic E-state index is 2.89. The minimum Gasteiger partial charge on any atom is -0.412 e. The molecule has 2 N–H and O–H groups in total. The first-order valence-electron chi connectivity index (χ1n) is 9.82. The summed E-state index contributed by atoms with van der Waals surface area (Å²) in [6.07, 6.45) is 0. The zero-order valence-electron chi connectivity index (χ0n) is 22.3. The Hall–Kier alpha value is -0.171. The molecule has 0 aliphatic carbocycles. The summed E-state index contributed by atoms with van der Waals surface area (Å²) >= 11 is 0. The van der Waals surface area contributed by atoms with Crippen LogP contribution in [0, 0.1) is 35.8 Å². The van der Waals surface area contributed by atoms with Gasteiger partial charge in [0.25, 0.3) is 0 Å². The van der Waals surface area contributed by atoms with E-state index in [0.717, 1.165) is 0 Å². The molecule has 1 nitrogen and oxygen atoms in total. The van der Waals surface area contributed by atoms with Crippen LogP contribution in [-0.4, -0.2) is 5.48 Å². The Kier molecular flexibility index (Phi) is 68.0. The van der Waals surface area contributed by atoms with Crippen molar-refractivity contribution < 1.29 is 48.9 Å². The minimum atomic E-state index is 0. The molecule has 0 saturated heterocycles. The molecule has 0 amide bonds. The molecule has 0 aromatic heterocycles. The number of hydrogen-bond acceptors (Lipinski definition) is 0. The van der Waals surface area contributed by atoms with Gasteiger partial charge in [-0.25, -0.2) is 0 Å². The second-order valence-corrected chi connectivity index (χ2v) is 8.15. The summed E-state index contributed by atoms with van der Waals surface area (Å²) in [5.41, 5.74) is 0. The van der Waals surface area contributed by atoms with Gasteiger partial charge in [-0.15, -0.1) is 0 Å². The van der Waals surface area contributed by atoms with Gasteiger partial charge in [-0.2, -0.15) is 156 Å². The largest absolute Gasteiger partial charge is 3.00 e. The summed E-state index contributed by atoms with van der Waals surface area (Å²) < 4.78 is 0. The summed E-state index contributed by atoms with van der Waals surface area (Å²) in [5, 5.41) is 0. The van der Waals surface area contributed by atoms with Crippen LogP contribution in [0.3, 0.4) is 0 Å². The summed E-state index contributed by atoms with van der Waals surface area (Å²) in [4.78, 5) is 0. The van der Waals surface area contributed by atoms with Crippen molar-refractivity contribution in [2.75, 3.05) is 0 Å². The van der Waals surface area contributed by atoms with Crippen LogP contribution in [0.15, 0.2) is 60.7 Å². The van der Waals surface area contributed by atoms with Crippen molar-refractivity contribution in [1.82, 2.24) is 0 Å². The van der Waals surface area contributed by atoms with Crippen molar-refractivity contribution in [3.63, 3.8) is 0 Å². The van der Waals surface area contributed by atoms with Crippen LogP contribution < -0.4 is 0 Å². The molecule has 2 rings (SSSR count). The third kappa shape index (κ3) is 165. The number of rotatable bonds is 0. The van der Waals surface area contributed by atoms with Crippen LogP contribution in [0.2, 0.25) is 0 Å². The first-order chi connectivity index (χ1) is 12.9. The van der Waals surface area contributed by atoms with Gasteiger partial charge in [0.1, 0.15) is 0 Å². The van der Waals surface area contributed by atoms with Crippen molar-refractivity contribution in [2.45, 2.75) is 83.1 Å². The smallest absolute Gasteiger partial charge is 0.412 e. The van der Waals surface area contributed by atoms with E-state index in [2.05, 4.69) is 95.2 Å². The Balaban J connectivity index is -0.0000000444. The monoisotopic (exact) mass is 496 g/mol. The average Bonchev–Trinajstić information content (AvgIpc) is 2.56. The van der Waals surface area contributed by atoms with Gasteiger partial charge in [-0.1, -0.05) is 0 Å². The Morgan fingerprint density at radius 1 is 0.355 bits per heavy atom. The van der Waals surface area contributed by atoms with Crippen molar-refractivity contribution in [3.8, 4) is 0 Å². The topological polar surface area (TPSA) is 31.5 Å². The van der Waals surface area contributed by atoms with E-state index >= 15 is 0 Å². The summed E-state index contributed by atoms with van der Waals surface area (Å²) in [7, 11) is 0. The van der Waals surface area contributed by atoms with E-state index in [1.165, 1.54) is 23.7 Å². The first-order valence-corrected chi connectivity index (χ1v) is 9.82. The Labute approximate surface area is 227 Å². The Morgan fingerprint density at radius 3 is 0.516 bits per heavy atom. The predicted molar refractivity (Wildman–Crippen MR) is 135 cm³/mol. The van der Waals surface area contributed by atoms with E-state index in [4.69, 9.17) is 0 Å². The molecule has 2 radical (unpaired) electrons. The second-order valence-electron chi connectivity index (χ2n) is 8.15. The van der Waals surface area contributed by atoms with E-state index in [-0.39, 0.29) is 48.9 Å². The number of hydrogen-bond donors (Lipinski definition) is 0. The maximum Gasteiger partial charge on any atom is 3.00 e. The van der Waals surface area contributed by atoms with Crippen molar-refractivity contribution >= 4 is 0 Å². The van der Waals surface area contributed by atoms with E-state index in [9.17, 15) is 0 Å². The molecule has 3 heteroatoms. The van der Waals surface area contributed by atoms with Crippen molar-refractivity contribution in [3.05, 3.63) is 96.5 Å². The first kappa shape index (κ1) is 48.3. The van der Waals surface area contributed by atoms with E-state index in [1.807, 2.05) is 60.7 Å². The maximum atomic E-state index is 2.89. The van der Waals surface area contributed by atoms with Gasteiger partial charge in [0.05, 0.1) is 0 Å².